The molecule has 1 amide bonds. The van der Waals surface area contributed by atoms with Gasteiger partial charge < -0.3 is 10.4 Å². The highest BCUT2D eigenvalue weighted by molar-refractivity contribution is 6.29. The Labute approximate surface area is 102 Å². The maximum absolute atomic E-state index is 11.7. The second-order valence-electron chi connectivity index (χ2n) is 3.23. The zero-order chi connectivity index (χ0) is 12.3. The van der Waals surface area contributed by atoms with Gasteiger partial charge in [0.2, 0.25) is 0 Å². The van der Waals surface area contributed by atoms with E-state index < -0.39 is 5.91 Å². The minimum Gasteiger partial charge on any atom is -0.506 e. The molecular weight excluding hydrogens is 242 g/mol. The van der Waals surface area contributed by atoms with Crippen LogP contribution in [0.25, 0.3) is 0 Å². The first-order valence-corrected chi connectivity index (χ1v) is 5.11. The van der Waals surface area contributed by atoms with Gasteiger partial charge in [-0.3, -0.25) is 9.78 Å². The Bertz CT molecular complexity index is 560. The van der Waals surface area contributed by atoms with Crippen LogP contribution >= 0.6 is 11.6 Å². The zero-order valence-corrected chi connectivity index (χ0v) is 9.35. The molecule has 0 fully saturated rings. The lowest BCUT2D eigenvalue weighted by atomic mass is 10.2. The van der Waals surface area contributed by atoms with Crippen LogP contribution in [0.3, 0.4) is 0 Å². The largest absolute Gasteiger partial charge is 0.506 e. The molecule has 86 valence electrons. The van der Waals surface area contributed by atoms with Gasteiger partial charge in [-0.15, -0.1) is 0 Å². The van der Waals surface area contributed by atoms with E-state index in [2.05, 4.69) is 15.3 Å². The molecule has 2 aromatic heterocycles. The molecule has 6 heteroatoms. The van der Waals surface area contributed by atoms with Crippen LogP contribution in [0.15, 0.2) is 36.7 Å². The Morgan fingerprint density at radius 2 is 2.18 bits per heavy atom. The summed E-state index contributed by atoms with van der Waals surface area (Å²) in [6, 6.07) is 6.20. The third-order valence-electron chi connectivity index (χ3n) is 1.94. The summed E-state index contributed by atoms with van der Waals surface area (Å²) in [6.07, 6.45) is 2.59. The van der Waals surface area contributed by atoms with Gasteiger partial charge in [0.25, 0.3) is 5.91 Å². The Hall–Kier alpha value is -2.14. The lowest BCUT2D eigenvalue weighted by Gasteiger charge is -2.04. The van der Waals surface area contributed by atoms with Gasteiger partial charge in [0.1, 0.15) is 16.7 Å². The van der Waals surface area contributed by atoms with Crippen molar-refractivity contribution in [2.45, 2.75) is 0 Å². The fourth-order valence-corrected chi connectivity index (χ4v) is 1.38. The molecule has 0 bridgehead atoms. The van der Waals surface area contributed by atoms with Gasteiger partial charge in [0.05, 0.1) is 11.8 Å². The summed E-state index contributed by atoms with van der Waals surface area (Å²) in [6.45, 7) is 0. The number of rotatable bonds is 2. The highest BCUT2D eigenvalue weighted by Crippen LogP contribution is 2.12. The number of amides is 1. The van der Waals surface area contributed by atoms with E-state index in [0.717, 1.165) is 0 Å². The van der Waals surface area contributed by atoms with Crippen LogP contribution in [0.1, 0.15) is 10.4 Å². The number of carbonyl (C=O) groups is 1. The fraction of sp³-hybridized carbons (Fsp3) is 0. The van der Waals surface area contributed by atoms with Crippen LogP contribution in [-0.2, 0) is 0 Å². The van der Waals surface area contributed by atoms with Gasteiger partial charge >= 0.3 is 0 Å². The molecule has 0 saturated heterocycles. The quantitative estimate of drug-likeness (QED) is 0.799. The molecule has 0 unspecified atom stereocenters. The molecule has 17 heavy (non-hydrogen) atoms. The molecule has 0 spiro atoms. The van der Waals surface area contributed by atoms with Crippen molar-refractivity contribution in [1.29, 1.82) is 0 Å². The summed E-state index contributed by atoms with van der Waals surface area (Å²) in [5.41, 5.74) is 0.242. The smallest absolute Gasteiger partial charge is 0.258 e. The average molecular weight is 250 g/mol. The SMILES string of the molecule is O=C(Nc1cccc(Cl)n1)c1cncc(O)c1. The highest BCUT2D eigenvalue weighted by atomic mass is 35.5. The van der Waals surface area contributed by atoms with Crippen LogP contribution < -0.4 is 5.32 Å². The first-order valence-electron chi connectivity index (χ1n) is 4.73. The molecule has 5 nitrogen and oxygen atoms in total. The highest BCUT2D eigenvalue weighted by Gasteiger charge is 2.08. The zero-order valence-electron chi connectivity index (χ0n) is 8.59. The molecule has 0 radical (unpaired) electrons. The Kier molecular flexibility index (Phi) is 3.20. The molecule has 0 aliphatic rings. The Morgan fingerprint density at radius 3 is 2.88 bits per heavy atom. The van der Waals surface area contributed by atoms with Gasteiger partial charge in [0, 0.05) is 6.20 Å². The number of pyridine rings is 2. The van der Waals surface area contributed by atoms with E-state index in [4.69, 9.17) is 11.6 Å². The number of aromatic nitrogens is 2. The fourth-order valence-electron chi connectivity index (χ4n) is 1.22. The van der Waals surface area contributed by atoms with Crippen molar-refractivity contribution in [2.75, 3.05) is 5.32 Å². The number of nitrogens with one attached hydrogen (secondary N) is 1. The number of halogens is 1. The van der Waals surface area contributed by atoms with E-state index in [-0.39, 0.29) is 16.5 Å². The van der Waals surface area contributed by atoms with Gasteiger partial charge in [0.15, 0.2) is 0 Å². The van der Waals surface area contributed by atoms with Crippen molar-refractivity contribution >= 4 is 23.3 Å². The third kappa shape index (κ3) is 2.92. The predicted molar refractivity (Wildman–Crippen MR) is 63.1 cm³/mol. The molecule has 0 aliphatic heterocycles. The van der Waals surface area contributed by atoms with Gasteiger partial charge in [-0.1, -0.05) is 17.7 Å². The van der Waals surface area contributed by atoms with Crippen molar-refractivity contribution in [3.8, 4) is 5.75 Å². The Morgan fingerprint density at radius 1 is 1.35 bits per heavy atom. The van der Waals surface area contributed by atoms with Crippen molar-refractivity contribution < 1.29 is 9.90 Å². The molecular formula is C11H8ClN3O2. The summed E-state index contributed by atoms with van der Waals surface area (Å²) < 4.78 is 0. The van der Waals surface area contributed by atoms with Crippen molar-refractivity contribution in [2.24, 2.45) is 0 Å². The van der Waals surface area contributed by atoms with Crippen LogP contribution in [0.5, 0.6) is 5.75 Å². The predicted octanol–water partition coefficient (Wildman–Crippen LogP) is 2.09. The average Bonchev–Trinajstić information content (AvgIpc) is 2.29. The maximum Gasteiger partial charge on any atom is 0.258 e. The molecule has 2 heterocycles. The number of hydrogen-bond donors (Lipinski definition) is 2. The topological polar surface area (TPSA) is 75.1 Å². The summed E-state index contributed by atoms with van der Waals surface area (Å²) in [7, 11) is 0. The van der Waals surface area contributed by atoms with E-state index in [1.54, 1.807) is 18.2 Å². The molecule has 2 rings (SSSR count). The van der Waals surface area contributed by atoms with Crippen LogP contribution in [0, 0.1) is 0 Å². The Balaban J connectivity index is 2.17. The van der Waals surface area contributed by atoms with Gasteiger partial charge in [-0.2, -0.15) is 0 Å². The monoisotopic (exact) mass is 249 g/mol. The first-order chi connectivity index (χ1) is 8.15. The van der Waals surface area contributed by atoms with Gasteiger partial charge in [-0.05, 0) is 18.2 Å². The maximum atomic E-state index is 11.7. The third-order valence-corrected chi connectivity index (χ3v) is 2.15. The number of anilines is 1. The van der Waals surface area contributed by atoms with Crippen LogP contribution in [0.4, 0.5) is 5.82 Å². The van der Waals surface area contributed by atoms with E-state index in [1.807, 2.05) is 0 Å². The second kappa shape index (κ2) is 4.80. The van der Waals surface area contributed by atoms with E-state index in [9.17, 15) is 9.90 Å². The lowest BCUT2D eigenvalue weighted by molar-refractivity contribution is 0.102. The van der Waals surface area contributed by atoms with Gasteiger partial charge in [-0.25, -0.2) is 4.98 Å². The first kappa shape index (κ1) is 11.3. The number of aromatic hydroxyl groups is 1. The number of carbonyl (C=O) groups excluding carboxylic acids is 1. The normalized spacial score (nSPS) is 9.94. The van der Waals surface area contributed by atoms with Crippen LogP contribution in [0.2, 0.25) is 5.15 Å². The molecule has 2 N–H and O–H groups in total. The number of hydrogen-bond acceptors (Lipinski definition) is 4. The van der Waals surface area contributed by atoms with E-state index >= 15 is 0 Å². The minimum atomic E-state index is -0.414. The van der Waals surface area contributed by atoms with Crippen molar-refractivity contribution in [3.05, 3.63) is 47.4 Å². The second-order valence-corrected chi connectivity index (χ2v) is 3.62. The van der Waals surface area contributed by atoms with Crippen molar-refractivity contribution in [1.82, 2.24) is 9.97 Å². The molecule has 2 aromatic rings. The number of nitrogens with zero attached hydrogens (tertiary/aromatic N) is 2. The summed E-state index contributed by atoms with van der Waals surface area (Å²) >= 11 is 5.68. The lowest BCUT2D eigenvalue weighted by Crippen LogP contribution is -2.13. The van der Waals surface area contributed by atoms with E-state index in [1.165, 1.54) is 18.5 Å². The summed E-state index contributed by atoms with van der Waals surface area (Å²) in [5.74, 6) is -0.147. The summed E-state index contributed by atoms with van der Waals surface area (Å²) in [5, 5.41) is 12.0. The van der Waals surface area contributed by atoms with E-state index in [0.29, 0.717) is 5.82 Å². The molecule has 0 aromatic carbocycles. The minimum absolute atomic E-state index is 0.0725. The van der Waals surface area contributed by atoms with Crippen LogP contribution in [-0.4, -0.2) is 21.0 Å². The molecule has 0 atom stereocenters. The molecule has 0 aliphatic carbocycles. The summed E-state index contributed by atoms with van der Waals surface area (Å²) in [4.78, 5) is 19.4. The van der Waals surface area contributed by atoms with Crippen molar-refractivity contribution in [3.63, 3.8) is 0 Å². The standard InChI is InChI=1S/C11H8ClN3O2/c12-9-2-1-3-10(14-9)15-11(17)7-4-8(16)6-13-5-7/h1-6,16H,(H,14,15,17). The molecule has 0 saturated carbocycles.